The normalized spacial score (nSPS) is 17.4. The van der Waals surface area contributed by atoms with E-state index in [2.05, 4.69) is 15.0 Å². The van der Waals surface area contributed by atoms with Gasteiger partial charge in [-0.15, -0.1) is 0 Å². The van der Waals surface area contributed by atoms with E-state index in [0.717, 1.165) is 38.3 Å². The van der Waals surface area contributed by atoms with Crippen LogP contribution in [0, 0.1) is 0 Å². The van der Waals surface area contributed by atoms with Crippen molar-refractivity contribution < 1.29 is 13.5 Å². The van der Waals surface area contributed by atoms with Gasteiger partial charge in [0.25, 0.3) is 0 Å². The van der Waals surface area contributed by atoms with Crippen molar-refractivity contribution in [2.75, 3.05) is 26.2 Å². The molecule has 17 heavy (non-hydrogen) atoms. The van der Waals surface area contributed by atoms with Gasteiger partial charge in [-0.25, -0.2) is 0 Å². The van der Waals surface area contributed by atoms with Gasteiger partial charge in [0.05, 0.1) is 0 Å². The van der Waals surface area contributed by atoms with E-state index in [1.54, 1.807) is 12.1 Å². The summed E-state index contributed by atoms with van der Waals surface area (Å²) in [6, 6.07) is 6.84. The summed E-state index contributed by atoms with van der Waals surface area (Å²) in [6.07, 6.45) is 0. The lowest BCUT2D eigenvalue weighted by atomic mass is 10.2. The van der Waals surface area contributed by atoms with E-state index in [1.807, 2.05) is 12.1 Å². The predicted molar refractivity (Wildman–Crippen MR) is 61.2 cm³/mol. The molecule has 94 valence electrons. The van der Waals surface area contributed by atoms with Crippen LogP contribution in [0.3, 0.4) is 0 Å². The van der Waals surface area contributed by atoms with Crippen molar-refractivity contribution >= 4 is 0 Å². The molecule has 0 aliphatic carbocycles. The average molecular weight is 242 g/mol. The number of rotatable bonds is 4. The molecule has 1 saturated heterocycles. The maximum atomic E-state index is 12.0. The van der Waals surface area contributed by atoms with Gasteiger partial charge in [0.2, 0.25) is 0 Å². The molecular formula is C12H16F2N2O. The van der Waals surface area contributed by atoms with Crippen molar-refractivity contribution in [3.8, 4) is 5.75 Å². The average Bonchev–Trinajstić information content (AvgIpc) is 2.32. The third-order valence-corrected chi connectivity index (χ3v) is 2.76. The number of nitrogens with zero attached hydrogens (tertiary/aromatic N) is 1. The molecule has 1 aliphatic heterocycles. The van der Waals surface area contributed by atoms with Gasteiger partial charge in [-0.1, -0.05) is 12.1 Å². The maximum absolute atomic E-state index is 12.0. The molecule has 0 spiro atoms. The lowest BCUT2D eigenvalue weighted by Crippen LogP contribution is -2.42. The monoisotopic (exact) mass is 242 g/mol. The van der Waals surface area contributed by atoms with Gasteiger partial charge in [-0.3, -0.25) is 4.90 Å². The van der Waals surface area contributed by atoms with Crippen molar-refractivity contribution in [1.82, 2.24) is 10.2 Å². The first-order valence-corrected chi connectivity index (χ1v) is 5.71. The molecule has 0 atom stereocenters. The first-order chi connectivity index (χ1) is 8.24. The molecule has 1 aliphatic rings. The van der Waals surface area contributed by atoms with E-state index in [9.17, 15) is 8.78 Å². The van der Waals surface area contributed by atoms with Crippen LogP contribution >= 0.6 is 0 Å². The number of benzene rings is 1. The number of alkyl halides is 2. The Bertz CT molecular complexity index is 337. The lowest BCUT2D eigenvalue weighted by Gasteiger charge is -2.27. The summed E-state index contributed by atoms with van der Waals surface area (Å²) in [5.41, 5.74) is 1.12. The van der Waals surface area contributed by atoms with Crippen molar-refractivity contribution in [1.29, 1.82) is 0 Å². The minimum Gasteiger partial charge on any atom is -0.435 e. The Morgan fingerprint density at radius 2 is 1.82 bits per heavy atom. The van der Waals surface area contributed by atoms with Crippen LogP contribution in [0.2, 0.25) is 0 Å². The topological polar surface area (TPSA) is 24.5 Å². The van der Waals surface area contributed by atoms with Crippen LogP contribution < -0.4 is 10.1 Å². The van der Waals surface area contributed by atoms with E-state index >= 15 is 0 Å². The van der Waals surface area contributed by atoms with Gasteiger partial charge in [0.1, 0.15) is 5.75 Å². The summed E-state index contributed by atoms with van der Waals surface area (Å²) in [4.78, 5) is 2.33. The summed E-state index contributed by atoms with van der Waals surface area (Å²) in [6.45, 7) is 2.16. The fourth-order valence-electron chi connectivity index (χ4n) is 1.90. The van der Waals surface area contributed by atoms with Crippen LogP contribution in [-0.2, 0) is 6.54 Å². The molecule has 0 aromatic heterocycles. The molecular weight excluding hydrogens is 226 g/mol. The first kappa shape index (κ1) is 12.3. The Labute approximate surface area is 99.4 Å². The van der Waals surface area contributed by atoms with E-state index in [4.69, 9.17) is 0 Å². The molecule has 1 fully saturated rings. The van der Waals surface area contributed by atoms with Crippen LogP contribution in [0.1, 0.15) is 5.56 Å². The van der Waals surface area contributed by atoms with Crippen molar-refractivity contribution in [3.05, 3.63) is 29.8 Å². The second-order valence-electron chi connectivity index (χ2n) is 4.05. The highest BCUT2D eigenvalue weighted by molar-refractivity contribution is 5.27. The molecule has 0 saturated carbocycles. The standard InChI is InChI=1S/C12H16F2N2O/c13-12(14)17-11-3-1-10(2-4-11)9-16-7-5-15-6-8-16/h1-4,12,15H,5-9H2. The van der Waals surface area contributed by atoms with Crippen molar-refractivity contribution in [3.63, 3.8) is 0 Å². The van der Waals surface area contributed by atoms with Gasteiger partial charge in [-0.2, -0.15) is 8.78 Å². The van der Waals surface area contributed by atoms with Crippen LogP contribution in [0.4, 0.5) is 8.78 Å². The third kappa shape index (κ3) is 3.94. The number of ether oxygens (including phenoxy) is 1. The highest BCUT2D eigenvalue weighted by Gasteiger charge is 2.10. The van der Waals surface area contributed by atoms with Crippen molar-refractivity contribution in [2.45, 2.75) is 13.2 Å². The zero-order valence-electron chi connectivity index (χ0n) is 9.53. The van der Waals surface area contributed by atoms with E-state index < -0.39 is 6.61 Å². The second-order valence-corrected chi connectivity index (χ2v) is 4.05. The van der Waals surface area contributed by atoms with E-state index in [0.29, 0.717) is 0 Å². The summed E-state index contributed by atoms with van der Waals surface area (Å²) in [7, 11) is 0. The van der Waals surface area contributed by atoms with Gasteiger partial charge in [0.15, 0.2) is 0 Å². The molecule has 0 amide bonds. The largest absolute Gasteiger partial charge is 0.435 e. The fraction of sp³-hybridized carbons (Fsp3) is 0.500. The Kier molecular flexibility index (Phi) is 4.28. The van der Waals surface area contributed by atoms with Gasteiger partial charge in [-0.05, 0) is 17.7 Å². The summed E-state index contributed by atoms with van der Waals surface area (Å²) < 4.78 is 28.2. The maximum Gasteiger partial charge on any atom is 0.387 e. The molecule has 2 rings (SSSR count). The van der Waals surface area contributed by atoms with Gasteiger partial charge < -0.3 is 10.1 Å². The minimum atomic E-state index is -2.76. The van der Waals surface area contributed by atoms with Crippen LogP contribution in [0.5, 0.6) is 5.75 Å². The molecule has 1 aromatic rings. The Hall–Kier alpha value is -1.20. The summed E-state index contributed by atoms with van der Waals surface area (Å²) in [5.74, 6) is 0.212. The summed E-state index contributed by atoms with van der Waals surface area (Å²) >= 11 is 0. The molecule has 0 radical (unpaired) electrons. The first-order valence-electron chi connectivity index (χ1n) is 5.71. The Balaban J connectivity index is 1.88. The number of hydrogen-bond donors (Lipinski definition) is 1. The molecule has 1 N–H and O–H groups in total. The lowest BCUT2D eigenvalue weighted by molar-refractivity contribution is -0.0498. The van der Waals surface area contributed by atoms with Gasteiger partial charge in [0, 0.05) is 32.7 Å². The molecule has 1 aromatic carbocycles. The third-order valence-electron chi connectivity index (χ3n) is 2.76. The minimum absolute atomic E-state index is 0.212. The molecule has 0 unspecified atom stereocenters. The molecule has 3 nitrogen and oxygen atoms in total. The highest BCUT2D eigenvalue weighted by Crippen LogP contribution is 2.16. The SMILES string of the molecule is FC(F)Oc1ccc(CN2CCNCC2)cc1. The molecule has 5 heteroatoms. The van der Waals surface area contributed by atoms with E-state index in [-0.39, 0.29) is 5.75 Å². The number of halogens is 2. The number of piperazine rings is 1. The number of nitrogens with one attached hydrogen (secondary N) is 1. The van der Waals surface area contributed by atoms with Crippen LogP contribution in [-0.4, -0.2) is 37.7 Å². The molecule has 1 heterocycles. The zero-order chi connectivity index (χ0) is 12.1. The summed E-state index contributed by atoms with van der Waals surface area (Å²) in [5, 5.41) is 3.29. The highest BCUT2D eigenvalue weighted by atomic mass is 19.3. The van der Waals surface area contributed by atoms with Crippen LogP contribution in [0.25, 0.3) is 0 Å². The quantitative estimate of drug-likeness (QED) is 0.869. The smallest absolute Gasteiger partial charge is 0.387 e. The Morgan fingerprint density at radius 3 is 2.41 bits per heavy atom. The van der Waals surface area contributed by atoms with E-state index in [1.165, 1.54) is 0 Å². The van der Waals surface area contributed by atoms with Gasteiger partial charge >= 0.3 is 6.61 Å². The second kappa shape index (κ2) is 5.93. The predicted octanol–water partition coefficient (Wildman–Crippen LogP) is 1.69. The van der Waals surface area contributed by atoms with Crippen molar-refractivity contribution in [2.24, 2.45) is 0 Å². The Morgan fingerprint density at radius 1 is 1.18 bits per heavy atom. The fourth-order valence-corrected chi connectivity index (χ4v) is 1.90. The zero-order valence-corrected chi connectivity index (χ0v) is 9.53. The molecule has 0 bridgehead atoms. The number of hydrogen-bond acceptors (Lipinski definition) is 3. The van der Waals surface area contributed by atoms with Crippen LogP contribution in [0.15, 0.2) is 24.3 Å².